The number of carbonyl (C=O) groups is 1. The predicted octanol–water partition coefficient (Wildman–Crippen LogP) is 2.80. The number of anilines is 1. The molecule has 19 heavy (non-hydrogen) atoms. The van der Waals surface area contributed by atoms with E-state index in [1.807, 2.05) is 20.8 Å². The Morgan fingerprint density at radius 2 is 1.84 bits per heavy atom. The lowest BCUT2D eigenvalue weighted by atomic mass is 9.96. The number of nitrogens with two attached hydrogens (primary N) is 1. The molecule has 1 rings (SSSR count). The van der Waals surface area contributed by atoms with E-state index in [4.69, 9.17) is 5.73 Å². The first kappa shape index (κ1) is 15.6. The first-order valence-electron chi connectivity index (χ1n) is 6.74. The third-order valence-electron chi connectivity index (χ3n) is 3.38. The molecular weight excluding hydrogens is 243 g/mol. The van der Waals surface area contributed by atoms with E-state index < -0.39 is 0 Å². The number of hydrogen-bond donors (Lipinski definition) is 1. The molecule has 1 aromatic rings. The Kier molecular flexibility index (Phi) is 5.96. The second-order valence-electron chi connectivity index (χ2n) is 5.14. The Morgan fingerprint density at radius 3 is 2.32 bits per heavy atom. The third-order valence-corrected chi connectivity index (χ3v) is 3.38. The van der Waals surface area contributed by atoms with Crippen LogP contribution in [0, 0.1) is 17.7 Å². The Hall–Kier alpha value is -1.42. The van der Waals surface area contributed by atoms with E-state index in [9.17, 15) is 9.18 Å². The molecule has 0 spiro atoms. The average Bonchev–Trinajstić information content (AvgIpc) is 2.39. The highest BCUT2D eigenvalue weighted by Crippen LogP contribution is 2.21. The molecule has 2 N–H and O–H groups in total. The summed E-state index contributed by atoms with van der Waals surface area (Å²) in [6.45, 7) is 7.06. The van der Waals surface area contributed by atoms with Crippen molar-refractivity contribution in [3.8, 4) is 0 Å². The smallest absolute Gasteiger partial charge is 0.230 e. The van der Waals surface area contributed by atoms with Crippen LogP contribution in [0.5, 0.6) is 0 Å². The van der Waals surface area contributed by atoms with Crippen molar-refractivity contribution in [2.75, 3.05) is 18.0 Å². The van der Waals surface area contributed by atoms with Crippen LogP contribution < -0.4 is 10.6 Å². The zero-order valence-electron chi connectivity index (χ0n) is 11.9. The zero-order valence-corrected chi connectivity index (χ0v) is 11.9. The fraction of sp³-hybridized carbons (Fsp3) is 0.533. The van der Waals surface area contributed by atoms with Crippen molar-refractivity contribution in [3.05, 3.63) is 30.1 Å². The van der Waals surface area contributed by atoms with Crippen LogP contribution >= 0.6 is 0 Å². The lowest BCUT2D eigenvalue weighted by molar-refractivity contribution is -0.123. The van der Waals surface area contributed by atoms with Crippen LogP contribution in [0.1, 0.15) is 27.2 Å². The highest BCUT2D eigenvalue weighted by molar-refractivity contribution is 5.94. The molecule has 0 fully saturated rings. The monoisotopic (exact) mass is 266 g/mol. The summed E-state index contributed by atoms with van der Waals surface area (Å²) in [6, 6.07) is 6.02. The lowest BCUT2D eigenvalue weighted by Gasteiger charge is -2.27. The predicted molar refractivity (Wildman–Crippen MR) is 76.4 cm³/mol. The van der Waals surface area contributed by atoms with Gasteiger partial charge in [-0.05, 0) is 43.1 Å². The van der Waals surface area contributed by atoms with Crippen molar-refractivity contribution < 1.29 is 9.18 Å². The molecule has 0 saturated carbocycles. The molecule has 106 valence electrons. The third kappa shape index (κ3) is 4.31. The Morgan fingerprint density at radius 1 is 1.26 bits per heavy atom. The van der Waals surface area contributed by atoms with Gasteiger partial charge in [0.05, 0.1) is 0 Å². The SMILES string of the molecule is CC(C)C(C)C(=O)N(CCCN)c1ccc(F)cc1. The summed E-state index contributed by atoms with van der Waals surface area (Å²) in [5.74, 6) is -0.0295. The van der Waals surface area contributed by atoms with Gasteiger partial charge in [-0.25, -0.2) is 4.39 Å². The number of benzene rings is 1. The quantitative estimate of drug-likeness (QED) is 0.860. The Bertz CT molecular complexity index is 403. The van der Waals surface area contributed by atoms with Crippen molar-refractivity contribution >= 4 is 11.6 Å². The standard InChI is InChI=1S/C15H23FN2O/c1-11(2)12(3)15(19)18(10-4-9-17)14-7-5-13(16)6-8-14/h5-8,11-12H,4,9-10,17H2,1-3H3. The van der Waals surface area contributed by atoms with Gasteiger partial charge in [-0.3, -0.25) is 4.79 Å². The van der Waals surface area contributed by atoms with E-state index in [0.29, 0.717) is 13.1 Å². The maximum absolute atomic E-state index is 13.0. The molecule has 3 nitrogen and oxygen atoms in total. The Labute approximate surface area is 114 Å². The maximum Gasteiger partial charge on any atom is 0.230 e. The largest absolute Gasteiger partial charge is 0.330 e. The van der Waals surface area contributed by atoms with Crippen LogP contribution in [0.15, 0.2) is 24.3 Å². The summed E-state index contributed by atoms with van der Waals surface area (Å²) in [5.41, 5.74) is 6.25. The van der Waals surface area contributed by atoms with Gasteiger partial charge in [0.1, 0.15) is 5.82 Å². The minimum atomic E-state index is -0.299. The van der Waals surface area contributed by atoms with Crippen LogP contribution in [0.3, 0.4) is 0 Å². The van der Waals surface area contributed by atoms with Crippen molar-refractivity contribution in [1.82, 2.24) is 0 Å². The van der Waals surface area contributed by atoms with Gasteiger partial charge < -0.3 is 10.6 Å². The summed E-state index contributed by atoms with van der Waals surface area (Å²) < 4.78 is 13.0. The van der Waals surface area contributed by atoms with Gasteiger partial charge in [-0.1, -0.05) is 20.8 Å². The van der Waals surface area contributed by atoms with Crippen LogP contribution in [0.4, 0.5) is 10.1 Å². The molecule has 0 aromatic heterocycles. The van der Waals surface area contributed by atoms with Gasteiger partial charge in [0, 0.05) is 18.2 Å². The van der Waals surface area contributed by atoms with Gasteiger partial charge in [0.2, 0.25) is 5.91 Å². The highest BCUT2D eigenvalue weighted by Gasteiger charge is 2.23. The number of hydrogen-bond acceptors (Lipinski definition) is 2. The number of rotatable bonds is 6. The molecule has 0 aliphatic rings. The van der Waals surface area contributed by atoms with E-state index in [1.165, 1.54) is 12.1 Å². The normalized spacial score (nSPS) is 12.5. The summed E-state index contributed by atoms with van der Waals surface area (Å²) in [7, 11) is 0. The highest BCUT2D eigenvalue weighted by atomic mass is 19.1. The van der Waals surface area contributed by atoms with Gasteiger partial charge in [0.15, 0.2) is 0 Å². The van der Waals surface area contributed by atoms with Crippen molar-refractivity contribution in [2.45, 2.75) is 27.2 Å². The first-order valence-corrected chi connectivity index (χ1v) is 6.74. The zero-order chi connectivity index (χ0) is 14.4. The van der Waals surface area contributed by atoms with Crippen molar-refractivity contribution in [3.63, 3.8) is 0 Å². The molecule has 0 aliphatic heterocycles. The summed E-state index contributed by atoms with van der Waals surface area (Å²) in [6.07, 6.45) is 0.730. The molecule has 0 heterocycles. The fourth-order valence-electron chi connectivity index (χ4n) is 1.77. The maximum atomic E-state index is 13.0. The molecule has 1 amide bonds. The second-order valence-corrected chi connectivity index (χ2v) is 5.14. The summed E-state index contributed by atoms with van der Waals surface area (Å²) >= 11 is 0. The molecule has 1 atom stereocenters. The van der Waals surface area contributed by atoms with E-state index in [-0.39, 0.29) is 23.6 Å². The number of nitrogens with zero attached hydrogens (tertiary/aromatic N) is 1. The number of amides is 1. The molecule has 0 radical (unpaired) electrons. The topological polar surface area (TPSA) is 46.3 Å². The molecule has 1 aromatic carbocycles. The van der Waals surface area contributed by atoms with Gasteiger partial charge in [0.25, 0.3) is 0 Å². The van der Waals surface area contributed by atoms with Crippen LogP contribution in [0.25, 0.3) is 0 Å². The minimum absolute atomic E-state index is 0.0649. The lowest BCUT2D eigenvalue weighted by Crippen LogP contribution is -2.38. The minimum Gasteiger partial charge on any atom is -0.330 e. The second kappa shape index (κ2) is 7.24. The van der Waals surface area contributed by atoms with Gasteiger partial charge in [-0.2, -0.15) is 0 Å². The molecular formula is C15H23FN2O. The van der Waals surface area contributed by atoms with E-state index in [0.717, 1.165) is 12.1 Å². The van der Waals surface area contributed by atoms with Gasteiger partial charge in [-0.15, -0.1) is 0 Å². The first-order chi connectivity index (χ1) is 8.97. The molecule has 1 unspecified atom stereocenters. The number of carbonyl (C=O) groups excluding carboxylic acids is 1. The summed E-state index contributed by atoms with van der Waals surface area (Å²) in [5, 5.41) is 0. The van der Waals surface area contributed by atoms with Crippen LogP contribution in [-0.4, -0.2) is 19.0 Å². The van der Waals surface area contributed by atoms with E-state index >= 15 is 0 Å². The Balaban J connectivity index is 2.93. The average molecular weight is 266 g/mol. The van der Waals surface area contributed by atoms with E-state index in [2.05, 4.69) is 0 Å². The van der Waals surface area contributed by atoms with Crippen molar-refractivity contribution in [1.29, 1.82) is 0 Å². The van der Waals surface area contributed by atoms with Crippen LogP contribution in [-0.2, 0) is 4.79 Å². The molecule has 0 aliphatic carbocycles. The molecule has 0 bridgehead atoms. The fourth-order valence-corrected chi connectivity index (χ4v) is 1.77. The molecule has 0 saturated heterocycles. The molecule has 4 heteroatoms. The number of halogens is 1. The van der Waals surface area contributed by atoms with Gasteiger partial charge >= 0.3 is 0 Å². The van der Waals surface area contributed by atoms with Crippen molar-refractivity contribution in [2.24, 2.45) is 17.6 Å². The summed E-state index contributed by atoms with van der Waals surface area (Å²) in [4.78, 5) is 14.2. The van der Waals surface area contributed by atoms with E-state index in [1.54, 1.807) is 17.0 Å². The van der Waals surface area contributed by atoms with Crippen LogP contribution in [0.2, 0.25) is 0 Å².